The third kappa shape index (κ3) is 3.81. The summed E-state index contributed by atoms with van der Waals surface area (Å²) in [4.78, 5) is 17.7. The number of likely N-dealkylation sites (N-methyl/N-ethyl adjacent to an activating group) is 1. The average molecular weight is 335 g/mol. The van der Waals surface area contributed by atoms with Crippen LogP contribution < -0.4 is 9.64 Å². The highest BCUT2D eigenvalue weighted by Gasteiger charge is 2.13. The van der Waals surface area contributed by atoms with Gasteiger partial charge in [0.05, 0.1) is 0 Å². The molecular weight excluding hydrogens is 320 g/mol. The maximum atomic E-state index is 12.0. The molecule has 5 heteroatoms. The molecule has 0 bridgehead atoms. The average Bonchev–Trinajstić information content (AvgIpc) is 2.45. The van der Waals surface area contributed by atoms with Crippen LogP contribution in [0.1, 0.15) is 5.56 Å². The lowest BCUT2D eigenvalue weighted by atomic mass is 10.2. The highest BCUT2D eigenvalue weighted by molar-refractivity contribution is 9.10. The van der Waals surface area contributed by atoms with Gasteiger partial charge in [0, 0.05) is 17.7 Å². The molecule has 2 aromatic rings. The standard InChI is InChI=1S/C15H15BrN2O2/c1-11-3-5-13(6-4-11)20-10-15(19)18(2)14-9-12(16)7-8-17-14/h3-9H,10H2,1-2H3. The highest BCUT2D eigenvalue weighted by Crippen LogP contribution is 2.16. The number of pyridine rings is 1. The normalized spacial score (nSPS) is 10.2. The molecule has 0 N–H and O–H groups in total. The molecule has 104 valence electrons. The Hall–Kier alpha value is -1.88. The van der Waals surface area contributed by atoms with Crippen molar-refractivity contribution in [2.75, 3.05) is 18.6 Å². The van der Waals surface area contributed by atoms with Crippen molar-refractivity contribution in [3.8, 4) is 5.75 Å². The van der Waals surface area contributed by atoms with E-state index >= 15 is 0 Å². The second-order valence-electron chi connectivity index (χ2n) is 4.39. The third-order valence-corrected chi connectivity index (χ3v) is 3.30. The molecule has 0 atom stereocenters. The topological polar surface area (TPSA) is 42.4 Å². The van der Waals surface area contributed by atoms with Gasteiger partial charge in [-0.15, -0.1) is 0 Å². The smallest absolute Gasteiger partial charge is 0.265 e. The number of aromatic nitrogens is 1. The van der Waals surface area contributed by atoms with Crippen molar-refractivity contribution in [2.24, 2.45) is 0 Å². The number of carbonyl (C=O) groups is 1. The number of halogens is 1. The Morgan fingerprint density at radius 2 is 2.00 bits per heavy atom. The van der Waals surface area contributed by atoms with Gasteiger partial charge >= 0.3 is 0 Å². The van der Waals surface area contributed by atoms with E-state index < -0.39 is 0 Å². The monoisotopic (exact) mass is 334 g/mol. The summed E-state index contributed by atoms with van der Waals surface area (Å²) in [6.45, 7) is 1.98. The highest BCUT2D eigenvalue weighted by atomic mass is 79.9. The first-order valence-electron chi connectivity index (χ1n) is 6.14. The molecule has 0 spiro atoms. The molecule has 0 aliphatic rings. The molecule has 2 rings (SSSR count). The van der Waals surface area contributed by atoms with Crippen LogP contribution in [0.4, 0.5) is 5.82 Å². The number of nitrogens with zero attached hydrogens (tertiary/aromatic N) is 2. The molecule has 0 fully saturated rings. The van der Waals surface area contributed by atoms with Crippen LogP contribution in [-0.2, 0) is 4.79 Å². The lowest BCUT2D eigenvalue weighted by Gasteiger charge is -2.16. The number of benzene rings is 1. The van der Waals surface area contributed by atoms with Crippen LogP contribution in [0.2, 0.25) is 0 Å². The van der Waals surface area contributed by atoms with Crippen molar-refractivity contribution < 1.29 is 9.53 Å². The Bertz CT molecular complexity index is 599. The van der Waals surface area contributed by atoms with Crippen molar-refractivity contribution in [1.29, 1.82) is 0 Å². The minimum absolute atomic E-state index is 0.0201. The molecule has 1 heterocycles. The van der Waals surface area contributed by atoms with E-state index in [1.54, 1.807) is 19.3 Å². The molecule has 0 saturated heterocycles. The van der Waals surface area contributed by atoms with Gasteiger partial charge < -0.3 is 4.74 Å². The van der Waals surface area contributed by atoms with Crippen molar-refractivity contribution >= 4 is 27.7 Å². The molecule has 0 aliphatic heterocycles. The minimum Gasteiger partial charge on any atom is -0.484 e. The van der Waals surface area contributed by atoms with Crippen molar-refractivity contribution in [2.45, 2.75) is 6.92 Å². The Morgan fingerprint density at radius 3 is 2.65 bits per heavy atom. The van der Waals surface area contributed by atoms with Gasteiger partial charge in [-0.3, -0.25) is 9.69 Å². The van der Waals surface area contributed by atoms with Gasteiger partial charge in [-0.25, -0.2) is 4.98 Å². The van der Waals surface area contributed by atoms with E-state index in [0.717, 1.165) is 10.0 Å². The van der Waals surface area contributed by atoms with Crippen LogP contribution in [0.25, 0.3) is 0 Å². The van der Waals surface area contributed by atoms with Crippen molar-refractivity contribution in [3.05, 3.63) is 52.6 Å². The molecule has 0 unspecified atom stereocenters. The maximum Gasteiger partial charge on any atom is 0.265 e. The fourth-order valence-corrected chi connectivity index (χ4v) is 1.90. The number of aryl methyl sites for hydroxylation is 1. The predicted octanol–water partition coefficient (Wildman–Crippen LogP) is 3.19. The van der Waals surface area contributed by atoms with Crippen LogP contribution in [0.5, 0.6) is 5.75 Å². The Kier molecular flexibility index (Phi) is 4.74. The SMILES string of the molecule is Cc1ccc(OCC(=O)N(C)c2cc(Br)ccn2)cc1. The van der Waals surface area contributed by atoms with Gasteiger partial charge in [-0.1, -0.05) is 33.6 Å². The van der Waals surface area contributed by atoms with E-state index in [2.05, 4.69) is 20.9 Å². The minimum atomic E-state index is -0.156. The van der Waals surface area contributed by atoms with Gasteiger partial charge in [0.1, 0.15) is 11.6 Å². The van der Waals surface area contributed by atoms with Gasteiger partial charge in [0.15, 0.2) is 6.61 Å². The zero-order valence-corrected chi connectivity index (χ0v) is 12.9. The number of rotatable bonds is 4. The van der Waals surface area contributed by atoms with E-state index in [0.29, 0.717) is 11.6 Å². The van der Waals surface area contributed by atoms with E-state index in [1.807, 2.05) is 37.3 Å². The molecule has 1 amide bonds. The van der Waals surface area contributed by atoms with Crippen LogP contribution in [0.3, 0.4) is 0 Å². The van der Waals surface area contributed by atoms with Gasteiger partial charge in [0.25, 0.3) is 5.91 Å². The molecule has 0 aliphatic carbocycles. The quantitative estimate of drug-likeness (QED) is 0.862. The predicted molar refractivity (Wildman–Crippen MR) is 82.0 cm³/mol. The summed E-state index contributed by atoms with van der Waals surface area (Å²) in [5.74, 6) is 1.10. The lowest BCUT2D eigenvalue weighted by molar-refractivity contribution is -0.120. The van der Waals surface area contributed by atoms with Crippen LogP contribution in [0.15, 0.2) is 47.1 Å². The molecule has 0 radical (unpaired) electrons. The second kappa shape index (κ2) is 6.52. The number of hydrogen-bond donors (Lipinski definition) is 0. The largest absolute Gasteiger partial charge is 0.484 e. The summed E-state index contributed by atoms with van der Waals surface area (Å²) in [7, 11) is 1.68. The zero-order valence-electron chi connectivity index (χ0n) is 11.3. The maximum absolute atomic E-state index is 12.0. The van der Waals surface area contributed by atoms with E-state index in [-0.39, 0.29) is 12.5 Å². The van der Waals surface area contributed by atoms with Crippen molar-refractivity contribution in [3.63, 3.8) is 0 Å². The zero-order chi connectivity index (χ0) is 14.5. The second-order valence-corrected chi connectivity index (χ2v) is 5.30. The Morgan fingerprint density at radius 1 is 1.30 bits per heavy atom. The molecule has 20 heavy (non-hydrogen) atoms. The van der Waals surface area contributed by atoms with E-state index in [1.165, 1.54) is 4.90 Å². The summed E-state index contributed by atoms with van der Waals surface area (Å²) >= 11 is 3.35. The number of carbonyl (C=O) groups excluding carboxylic acids is 1. The molecule has 0 saturated carbocycles. The molecule has 1 aromatic carbocycles. The van der Waals surface area contributed by atoms with Gasteiger partial charge in [-0.2, -0.15) is 0 Å². The Balaban J connectivity index is 1.96. The molecule has 1 aromatic heterocycles. The summed E-state index contributed by atoms with van der Waals surface area (Å²) in [6.07, 6.45) is 1.64. The summed E-state index contributed by atoms with van der Waals surface area (Å²) in [5.41, 5.74) is 1.15. The fraction of sp³-hybridized carbons (Fsp3) is 0.200. The molecule has 4 nitrogen and oxygen atoms in total. The third-order valence-electron chi connectivity index (χ3n) is 2.81. The Labute approximate surface area is 126 Å². The number of ether oxygens (including phenoxy) is 1. The number of amides is 1. The van der Waals surface area contributed by atoms with Crippen LogP contribution >= 0.6 is 15.9 Å². The first-order valence-corrected chi connectivity index (χ1v) is 6.93. The summed E-state index contributed by atoms with van der Waals surface area (Å²) in [5, 5.41) is 0. The van der Waals surface area contributed by atoms with Crippen LogP contribution in [-0.4, -0.2) is 24.5 Å². The fourth-order valence-electron chi connectivity index (χ4n) is 1.58. The van der Waals surface area contributed by atoms with Crippen LogP contribution in [0, 0.1) is 6.92 Å². The first kappa shape index (κ1) is 14.5. The number of hydrogen-bond acceptors (Lipinski definition) is 3. The summed E-state index contributed by atoms with van der Waals surface area (Å²) in [6, 6.07) is 11.2. The van der Waals surface area contributed by atoms with Gasteiger partial charge in [-0.05, 0) is 31.2 Å². The first-order chi connectivity index (χ1) is 9.56. The number of anilines is 1. The molecular formula is C15H15BrN2O2. The van der Waals surface area contributed by atoms with Crippen molar-refractivity contribution in [1.82, 2.24) is 4.98 Å². The van der Waals surface area contributed by atoms with Gasteiger partial charge in [0.2, 0.25) is 0 Å². The van der Waals surface area contributed by atoms with E-state index in [9.17, 15) is 4.79 Å². The lowest BCUT2D eigenvalue weighted by Crippen LogP contribution is -2.31. The van der Waals surface area contributed by atoms with E-state index in [4.69, 9.17) is 4.74 Å². The summed E-state index contributed by atoms with van der Waals surface area (Å²) < 4.78 is 6.34.